The number of nitrogens with zero attached hydrogens (tertiary/aromatic N) is 2. The van der Waals surface area contributed by atoms with Gasteiger partial charge in [-0.2, -0.15) is 0 Å². The minimum absolute atomic E-state index is 0.0424. The van der Waals surface area contributed by atoms with Gasteiger partial charge in [0.15, 0.2) is 0 Å². The van der Waals surface area contributed by atoms with Crippen LogP contribution in [0.1, 0.15) is 27.1 Å². The number of nitrogens with one attached hydrogen (secondary N) is 1. The van der Waals surface area contributed by atoms with Crippen LogP contribution in [0, 0.1) is 0 Å². The molecule has 3 heterocycles. The van der Waals surface area contributed by atoms with Crippen molar-refractivity contribution < 1.29 is 4.79 Å². The van der Waals surface area contributed by atoms with E-state index in [0.717, 1.165) is 47.8 Å². The number of halogens is 1. The molecule has 0 fully saturated rings. The SMILES string of the molecule is O=C1CN=C(c2ccccc2Cl)c2c(sc3c2CCNC3)N1CCc1ccccc1. The van der Waals surface area contributed by atoms with E-state index in [4.69, 9.17) is 16.6 Å². The number of hydrogen-bond acceptors (Lipinski definition) is 4. The highest BCUT2D eigenvalue weighted by Crippen LogP contribution is 2.41. The van der Waals surface area contributed by atoms with Crippen LogP contribution in [0.4, 0.5) is 5.00 Å². The number of carbonyl (C=O) groups is 1. The molecule has 5 rings (SSSR count). The molecule has 0 radical (unpaired) electrons. The molecule has 0 spiro atoms. The van der Waals surface area contributed by atoms with Crippen LogP contribution in [0.15, 0.2) is 59.6 Å². The molecule has 0 aliphatic carbocycles. The minimum Gasteiger partial charge on any atom is -0.312 e. The summed E-state index contributed by atoms with van der Waals surface area (Å²) >= 11 is 8.27. The third-order valence-corrected chi connectivity index (χ3v) is 7.25. The minimum atomic E-state index is 0.0424. The van der Waals surface area contributed by atoms with E-state index in [9.17, 15) is 4.79 Å². The number of amides is 1. The van der Waals surface area contributed by atoms with E-state index >= 15 is 0 Å². The number of aliphatic imine (C=N–C) groups is 1. The van der Waals surface area contributed by atoms with Gasteiger partial charge in [0, 0.05) is 34.1 Å². The van der Waals surface area contributed by atoms with Crippen LogP contribution in [0.3, 0.4) is 0 Å². The van der Waals surface area contributed by atoms with E-state index in [1.54, 1.807) is 11.3 Å². The fraction of sp³-hybridized carbons (Fsp3) is 0.250. The molecule has 3 aromatic rings. The Labute approximate surface area is 185 Å². The van der Waals surface area contributed by atoms with Gasteiger partial charge in [-0.3, -0.25) is 9.79 Å². The van der Waals surface area contributed by atoms with E-state index in [-0.39, 0.29) is 12.5 Å². The van der Waals surface area contributed by atoms with Gasteiger partial charge in [-0.15, -0.1) is 11.3 Å². The maximum atomic E-state index is 13.1. The second kappa shape index (κ2) is 8.34. The van der Waals surface area contributed by atoms with E-state index in [1.165, 1.54) is 16.0 Å². The molecule has 0 unspecified atom stereocenters. The van der Waals surface area contributed by atoms with Crippen molar-refractivity contribution in [3.8, 4) is 0 Å². The van der Waals surface area contributed by atoms with Gasteiger partial charge in [-0.25, -0.2) is 0 Å². The fourth-order valence-corrected chi connectivity index (χ4v) is 5.75. The predicted molar refractivity (Wildman–Crippen MR) is 124 cm³/mol. The van der Waals surface area contributed by atoms with Crippen LogP contribution in [-0.2, 0) is 24.2 Å². The molecule has 2 aliphatic rings. The van der Waals surface area contributed by atoms with Crippen molar-refractivity contribution in [3.63, 3.8) is 0 Å². The lowest BCUT2D eigenvalue weighted by Crippen LogP contribution is -2.33. The Bertz CT molecular complexity index is 1120. The second-order valence-electron chi connectivity index (χ2n) is 7.54. The van der Waals surface area contributed by atoms with Crippen molar-refractivity contribution in [2.75, 3.05) is 24.5 Å². The average molecular weight is 436 g/mol. The van der Waals surface area contributed by atoms with Crippen molar-refractivity contribution in [3.05, 3.63) is 86.8 Å². The monoisotopic (exact) mass is 435 g/mol. The molecule has 30 heavy (non-hydrogen) atoms. The lowest BCUT2D eigenvalue weighted by atomic mass is 9.95. The van der Waals surface area contributed by atoms with Crippen LogP contribution >= 0.6 is 22.9 Å². The summed E-state index contributed by atoms with van der Waals surface area (Å²) in [7, 11) is 0. The molecule has 152 valence electrons. The van der Waals surface area contributed by atoms with Gasteiger partial charge in [0.05, 0.1) is 5.71 Å². The highest BCUT2D eigenvalue weighted by Gasteiger charge is 2.32. The van der Waals surface area contributed by atoms with Crippen molar-refractivity contribution in [1.82, 2.24) is 5.32 Å². The van der Waals surface area contributed by atoms with Gasteiger partial charge < -0.3 is 10.2 Å². The Kier molecular flexibility index (Phi) is 5.42. The largest absolute Gasteiger partial charge is 0.312 e. The molecule has 1 N–H and O–H groups in total. The van der Waals surface area contributed by atoms with Crippen molar-refractivity contribution in [2.45, 2.75) is 19.4 Å². The Morgan fingerprint density at radius 1 is 1.10 bits per heavy atom. The molecule has 6 heteroatoms. The maximum absolute atomic E-state index is 13.1. The number of carbonyl (C=O) groups excluding carboxylic acids is 1. The van der Waals surface area contributed by atoms with Gasteiger partial charge in [0.2, 0.25) is 5.91 Å². The van der Waals surface area contributed by atoms with Crippen molar-refractivity contribution in [2.24, 2.45) is 4.99 Å². The van der Waals surface area contributed by atoms with Crippen molar-refractivity contribution >= 4 is 39.6 Å². The molecule has 2 aromatic carbocycles. The summed E-state index contributed by atoms with van der Waals surface area (Å²) in [4.78, 5) is 21.2. The quantitative estimate of drug-likeness (QED) is 0.657. The molecule has 0 bridgehead atoms. The van der Waals surface area contributed by atoms with Gasteiger partial charge >= 0.3 is 0 Å². The highest BCUT2D eigenvalue weighted by molar-refractivity contribution is 7.17. The van der Waals surface area contributed by atoms with Gasteiger partial charge in [-0.05, 0) is 36.6 Å². The van der Waals surface area contributed by atoms with E-state index < -0.39 is 0 Å². The third-order valence-electron chi connectivity index (χ3n) is 5.66. The summed E-state index contributed by atoms with van der Waals surface area (Å²) in [6, 6.07) is 18.1. The Morgan fingerprint density at radius 2 is 1.90 bits per heavy atom. The first-order valence-corrected chi connectivity index (χ1v) is 11.4. The Balaban J connectivity index is 1.60. The standard InChI is InChI=1S/C24H22ClN3OS/c25-19-9-5-4-8-17(19)23-22-18-10-12-26-14-20(18)30-24(22)28(21(29)15-27-23)13-11-16-6-2-1-3-7-16/h1-9,26H,10-15H2. The van der Waals surface area contributed by atoms with E-state index in [1.807, 2.05) is 47.4 Å². The zero-order valence-electron chi connectivity index (χ0n) is 16.5. The summed E-state index contributed by atoms with van der Waals surface area (Å²) in [5.74, 6) is 0.0424. The Hall–Kier alpha value is -2.47. The molecule has 1 amide bonds. The lowest BCUT2D eigenvalue weighted by Gasteiger charge is -2.21. The molecule has 1 aromatic heterocycles. The first-order valence-electron chi connectivity index (χ1n) is 10.2. The van der Waals surface area contributed by atoms with Crippen LogP contribution in [-0.4, -0.2) is 31.3 Å². The van der Waals surface area contributed by atoms with E-state index in [2.05, 4.69) is 17.4 Å². The number of benzene rings is 2. The molecular weight excluding hydrogens is 414 g/mol. The van der Waals surface area contributed by atoms with Gasteiger partial charge in [-0.1, -0.05) is 60.1 Å². The lowest BCUT2D eigenvalue weighted by molar-refractivity contribution is -0.117. The summed E-state index contributed by atoms with van der Waals surface area (Å²) in [5.41, 5.74) is 5.39. The summed E-state index contributed by atoms with van der Waals surface area (Å²) in [6.07, 6.45) is 1.75. The Morgan fingerprint density at radius 3 is 2.73 bits per heavy atom. The van der Waals surface area contributed by atoms with Gasteiger partial charge in [0.1, 0.15) is 11.5 Å². The van der Waals surface area contributed by atoms with Crippen LogP contribution in [0.2, 0.25) is 5.02 Å². The van der Waals surface area contributed by atoms with Crippen molar-refractivity contribution in [1.29, 1.82) is 0 Å². The van der Waals surface area contributed by atoms with Gasteiger partial charge in [0.25, 0.3) is 0 Å². The molecular formula is C24H22ClN3OS. The number of hydrogen-bond donors (Lipinski definition) is 1. The summed E-state index contributed by atoms with van der Waals surface area (Å²) in [6.45, 7) is 2.56. The normalized spacial score (nSPS) is 16.0. The molecule has 0 atom stereocenters. The molecule has 4 nitrogen and oxygen atoms in total. The summed E-state index contributed by atoms with van der Waals surface area (Å²) in [5, 5.41) is 5.14. The molecule has 2 aliphatic heterocycles. The molecule has 0 saturated heterocycles. The fourth-order valence-electron chi connectivity index (χ4n) is 4.16. The summed E-state index contributed by atoms with van der Waals surface area (Å²) < 4.78 is 0. The van der Waals surface area contributed by atoms with E-state index in [0.29, 0.717) is 11.6 Å². The first kappa shape index (κ1) is 19.5. The number of rotatable bonds is 4. The number of anilines is 1. The highest BCUT2D eigenvalue weighted by atomic mass is 35.5. The third kappa shape index (κ3) is 3.58. The zero-order valence-corrected chi connectivity index (χ0v) is 18.1. The smallest absolute Gasteiger partial charge is 0.249 e. The topological polar surface area (TPSA) is 44.7 Å². The van der Waals surface area contributed by atoms with Crippen LogP contribution < -0.4 is 10.2 Å². The van der Waals surface area contributed by atoms with Crippen LogP contribution in [0.5, 0.6) is 0 Å². The second-order valence-corrected chi connectivity index (χ2v) is 9.03. The number of fused-ring (bicyclic) bond motifs is 3. The molecule has 0 saturated carbocycles. The first-order chi connectivity index (χ1) is 14.7. The number of thiophene rings is 1. The zero-order chi connectivity index (χ0) is 20.5. The maximum Gasteiger partial charge on any atom is 0.249 e. The predicted octanol–water partition coefficient (Wildman–Crippen LogP) is 4.47. The average Bonchev–Trinajstić information content (AvgIpc) is 3.09. The van der Waals surface area contributed by atoms with Crippen LogP contribution in [0.25, 0.3) is 0 Å².